The van der Waals surface area contributed by atoms with Crippen LogP contribution in [0.1, 0.15) is 17.3 Å². The molecule has 6 nitrogen and oxygen atoms in total. The Labute approximate surface area is 162 Å². The molecular formula is C20H21N3O3S. The van der Waals surface area contributed by atoms with E-state index in [9.17, 15) is 4.79 Å². The van der Waals surface area contributed by atoms with Crippen LogP contribution in [0.3, 0.4) is 0 Å². The van der Waals surface area contributed by atoms with Crippen LogP contribution in [0.4, 0.5) is 0 Å². The van der Waals surface area contributed by atoms with Crippen molar-refractivity contribution in [3.05, 3.63) is 54.1 Å². The van der Waals surface area contributed by atoms with Crippen LogP contribution in [0.5, 0.6) is 11.5 Å². The SMILES string of the molecule is CCn1c(SCC(=O)c2cc(OC)ccc2OC)nnc1-c1ccccc1. The van der Waals surface area contributed by atoms with Crippen LogP contribution in [0.15, 0.2) is 53.7 Å². The van der Waals surface area contributed by atoms with Gasteiger partial charge in [0, 0.05) is 12.1 Å². The Balaban J connectivity index is 1.79. The van der Waals surface area contributed by atoms with E-state index in [-0.39, 0.29) is 11.5 Å². The monoisotopic (exact) mass is 383 g/mol. The van der Waals surface area contributed by atoms with E-state index in [1.54, 1.807) is 32.4 Å². The van der Waals surface area contributed by atoms with Gasteiger partial charge in [-0.15, -0.1) is 10.2 Å². The van der Waals surface area contributed by atoms with E-state index < -0.39 is 0 Å². The summed E-state index contributed by atoms with van der Waals surface area (Å²) in [6.07, 6.45) is 0. The van der Waals surface area contributed by atoms with Gasteiger partial charge in [0.05, 0.1) is 25.5 Å². The Morgan fingerprint density at radius 3 is 2.52 bits per heavy atom. The van der Waals surface area contributed by atoms with Crippen molar-refractivity contribution in [2.45, 2.75) is 18.6 Å². The molecule has 0 aliphatic heterocycles. The average molecular weight is 383 g/mol. The number of hydrogen-bond donors (Lipinski definition) is 0. The van der Waals surface area contributed by atoms with Crippen molar-refractivity contribution < 1.29 is 14.3 Å². The largest absolute Gasteiger partial charge is 0.497 e. The van der Waals surface area contributed by atoms with Crippen LogP contribution in [0.25, 0.3) is 11.4 Å². The Morgan fingerprint density at radius 1 is 1.07 bits per heavy atom. The fourth-order valence-corrected chi connectivity index (χ4v) is 3.61. The molecule has 0 atom stereocenters. The van der Waals surface area contributed by atoms with Crippen molar-refractivity contribution in [1.82, 2.24) is 14.8 Å². The normalized spacial score (nSPS) is 10.6. The Bertz CT molecular complexity index is 925. The summed E-state index contributed by atoms with van der Waals surface area (Å²) in [6.45, 7) is 2.75. The number of thioether (sulfide) groups is 1. The zero-order valence-corrected chi connectivity index (χ0v) is 16.3. The average Bonchev–Trinajstić information content (AvgIpc) is 3.15. The molecular weight excluding hydrogens is 362 g/mol. The van der Waals surface area contributed by atoms with Crippen LogP contribution in [0, 0.1) is 0 Å². The number of Topliss-reactive ketones (excluding diaryl/α,β-unsaturated/α-hetero) is 1. The third-order valence-electron chi connectivity index (χ3n) is 4.10. The van der Waals surface area contributed by atoms with Crippen molar-refractivity contribution in [2.75, 3.05) is 20.0 Å². The number of carbonyl (C=O) groups is 1. The highest BCUT2D eigenvalue weighted by Gasteiger charge is 2.18. The number of carbonyl (C=O) groups excluding carboxylic acids is 1. The lowest BCUT2D eigenvalue weighted by atomic mass is 10.1. The van der Waals surface area contributed by atoms with Crippen molar-refractivity contribution >= 4 is 17.5 Å². The van der Waals surface area contributed by atoms with Gasteiger partial charge in [0.25, 0.3) is 0 Å². The lowest BCUT2D eigenvalue weighted by Gasteiger charge is -2.10. The topological polar surface area (TPSA) is 66.2 Å². The molecule has 140 valence electrons. The molecule has 1 aromatic heterocycles. The van der Waals surface area contributed by atoms with Gasteiger partial charge in [0.1, 0.15) is 11.5 Å². The van der Waals surface area contributed by atoms with E-state index in [1.165, 1.54) is 11.8 Å². The summed E-state index contributed by atoms with van der Waals surface area (Å²) < 4.78 is 12.5. The number of nitrogens with zero attached hydrogens (tertiary/aromatic N) is 3. The third kappa shape index (κ3) is 4.14. The zero-order chi connectivity index (χ0) is 19.2. The van der Waals surface area contributed by atoms with E-state index >= 15 is 0 Å². The van der Waals surface area contributed by atoms with Gasteiger partial charge in [-0.3, -0.25) is 4.79 Å². The molecule has 0 saturated carbocycles. The minimum Gasteiger partial charge on any atom is -0.497 e. The maximum atomic E-state index is 12.7. The van der Waals surface area contributed by atoms with E-state index in [0.717, 1.165) is 17.9 Å². The van der Waals surface area contributed by atoms with E-state index in [4.69, 9.17) is 9.47 Å². The number of aromatic nitrogens is 3. The molecule has 0 amide bonds. The van der Waals surface area contributed by atoms with Crippen molar-refractivity contribution in [3.8, 4) is 22.9 Å². The predicted octanol–water partition coefficient (Wildman–Crippen LogP) is 3.96. The van der Waals surface area contributed by atoms with Gasteiger partial charge in [-0.25, -0.2) is 0 Å². The van der Waals surface area contributed by atoms with Gasteiger partial charge in [-0.05, 0) is 25.1 Å². The fraction of sp³-hybridized carbons (Fsp3) is 0.250. The quantitative estimate of drug-likeness (QED) is 0.433. The first-order valence-corrected chi connectivity index (χ1v) is 9.53. The smallest absolute Gasteiger partial charge is 0.191 e. The summed E-state index contributed by atoms with van der Waals surface area (Å²) in [4.78, 5) is 12.7. The zero-order valence-electron chi connectivity index (χ0n) is 15.5. The molecule has 7 heteroatoms. The molecule has 0 saturated heterocycles. The molecule has 27 heavy (non-hydrogen) atoms. The highest BCUT2D eigenvalue weighted by atomic mass is 32.2. The van der Waals surface area contributed by atoms with Crippen LogP contribution < -0.4 is 9.47 Å². The predicted molar refractivity (Wildman–Crippen MR) is 106 cm³/mol. The van der Waals surface area contributed by atoms with Crippen LogP contribution in [-0.2, 0) is 6.54 Å². The fourth-order valence-electron chi connectivity index (χ4n) is 2.72. The minimum atomic E-state index is -0.0531. The van der Waals surface area contributed by atoms with Crippen molar-refractivity contribution in [1.29, 1.82) is 0 Å². The molecule has 3 rings (SSSR count). The number of hydrogen-bond acceptors (Lipinski definition) is 6. The van der Waals surface area contributed by atoms with E-state index in [2.05, 4.69) is 10.2 Å². The maximum absolute atomic E-state index is 12.7. The van der Waals surface area contributed by atoms with Gasteiger partial charge in [-0.2, -0.15) is 0 Å². The molecule has 2 aromatic carbocycles. The molecule has 0 fully saturated rings. The number of benzene rings is 2. The Kier molecular flexibility index (Phi) is 6.13. The standard InChI is InChI=1S/C20H21N3O3S/c1-4-23-19(14-8-6-5-7-9-14)21-22-20(23)27-13-17(24)16-12-15(25-2)10-11-18(16)26-3/h5-12H,4,13H2,1-3H3. The summed E-state index contributed by atoms with van der Waals surface area (Å²) in [5.41, 5.74) is 1.50. The second-order valence-corrected chi connectivity index (χ2v) is 6.64. The van der Waals surface area contributed by atoms with Gasteiger partial charge in [0.2, 0.25) is 0 Å². The number of methoxy groups -OCH3 is 2. The maximum Gasteiger partial charge on any atom is 0.191 e. The van der Waals surface area contributed by atoms with Crippen LogP contribution in [0.2, 0.25) is 0 Å². The van der Waals surface area contributed by atoms with E-state index in [0.29, 0.717) is 22.2 Å². The minimum absolute atomic E-state index is 0.0531. The number of ether oxygens (including phenoxy) is 2. The molecule has 0 bridgehead atoms. The van der Waals surface area contributed by atoms with Crippen molar-refractivity contribution in [3.63, 3.8) is 0 Å². The summed E-state index contributed by atoms with van der Waals surface area (Å²) in [7, 11) is 3.12. The van der Waals surface area contributed by atoms with Gasteiger partial charge >= 0.3 is 0 Å². The summed E-state index contributed by atoms with van der Waals surface area (Å²) in [5.74, 6) is 2.13. The lowest BCUT2D eigenvalue weighted by molar-refractivity contribution is 0.101. The second-order valence-electron chi connectivity index (χ2n) is 5.69. The van der Waals surface area contributed by atoms with Crippen LogP contribution in [-0.4, -0.2) is 40.5 Å². The molecule has 3 aromatic rings. The lowest BCUT2D eigenvalue weighted by Crippen LogP contribution is -2.07. The Hall–Kier alpha value is -2.80. The number of rotatable bonds is 8. The molecule has 0 spiro atoms. The second kappa shape index (κ2) is 8.73. The first-order valence-electron chi connectivity index (χ1n) is 8.54. The summed E-state index contributed by atoms with van der Waals surface area (Å²) >= 11 is 1.37. The van der Waals surface area contributed by atoms with Gasteiger partial charge in [-0.1, -0.05) is 42.1 Å². The van der Waals surface area contributed by atoms with Gasteiger partial charge in [0.15, 0.2) is 16.8 Å². The first kappa shape index (κ1) is 19.0. The molecule has 0 radical (unpaired) electrons. The summed E-state index contributed by atoms with van der Waals surface area (Å²) in [6, 6.07) is 15.1. The molecule has 0 unspecified atom stereocenters. The first-order chi connectivity index (χ1) is 13.2. The van der Waals surface area contributed by atoms with Crippen molar-refractivity contribution in [2.24, 2.45) is 0 Å². The highest BCUT2D eigenvalue weighted by molar-refractivity contribution is 7.99. The summed E-state index contributed by atoms with van der Waals surface area (Å²) in [5, 5.41) is 9.29. The molecule has 0 N–H and O–H groups in total. The molecule has 0 aliphatic carbocycles. The molecule has 1 heterocycles. The Morgan fingerprint density at radius 2 is 1.85 bits per heavy atom. The molecule has 0 aliphatic rings. The number of ketones is 1. The van der Waals surface area contributed by atoms with E-state index in [1.807, 2.05) is 41.8 Å². The van der Waals surface area contributed by atoms with Gasteiger partial charge < -0.3 is 14.0 Å². The highest BCUT2D eigenvalue weighted by Crippen LogP contribution is 2.28. The van der Waals surface area contributed by atoms with Crippen LogP contribution >= 0.6 is 11.8 Å². The third-order valence-corrected chi connectivity index (χ3v) is 5.07.